The van der Waals surface area contributed by atoms with E-state index in [9.17, 15) is 14.4 Å². The van der Waals surface area contributed by atoms with E-state index in [1.165, 1.54) is 10.9 Å². The van der Waals surface area contributed by atoms with Gasteiger partial charge in [0.25, 0.3) is 11.8 Å². The van der Waals surface area contributed by atoms with Gasteiger partial charge in [0.15, 0.2) is 0 Å². The summed E-state index contributed by atoms with van der Waals surface area (Å²) in [4.78, 5) is 44.9. The van der Waals surface area contributed by atoms with E-state index in [0.717, 1.165) is 29.7 Å². The van der Waals surface area contributed by atoms with Gasteiger partial charge in [-0.05, 0) is 91.8 Å². The maximum atomic E-state index is 13.9. The van der Waals surface area contributed by atoms with Crippen LogP contribution in [0.25, 0.3) is 0 Å². The van der Waals surface area contributed by atoms with E-state index >= 15 is 0 Å². The summed E-state index contributed by atoms with van der Waals surface area (Å²) in [6, 6.07) is 17.7. The fraction of sp³-hybridized carbons (Fsp3) is 0.226. The van der Waals surface area contributed by atoms with Crippen molar-refractivity contribution in [2.75, 3.05) is 16.8 Å². The second-order valence-corrected chi connectivity index (χ2v) is 10.7. The first-order chi connectivity index (χ1) is 19.3. The Morgan fingerprint density at radius 2 is 1.85 bits per heavy atom. The van der Waals surface area contributed by atoms with Crippen LogP contribution in [0, 0.1) is 6.92 Å². The summed E-state index contributed by atoms with van der Waals surface area (Å²) in [5.74, 6) is -0.377. The molecule has 0 radical (unpaired) electrons. The molecule has 5 rings (SSSR count). The van der Waals surface area contributed by atoms with E-state index < -0.39 is 0 Å². The third-order valence-electron chi connectivity index (χ3n) is 7.23. The molecule has 204 valence electrons. The highest BCUT2D eigenvalue weighted by Crippen LogP contribution is 2.39. The lowest BCUT2D eigenvalue weighted by Crippen LogP contribution is -2.32. The Hall–Kier alpha value is -3.94. The van der Waals surface area contributed by atoms with Gasteiger partial charge in [0.05, 0.1) is 10.6 Å². The monoisotopic (exact) mass is 574 g/mol. The van der Waals surface area contributed by atoms with Gasteiger partial charge in [-0.1, -0.05) is 35.3 Å². The smallest absolute Gasteiger partial charge is 0.258 e. The van der Waals surface area contributed by atoms with Crippen molar-refractivity contribution in [3.05, 3.63) is 112 Å². The number of nitrogens with zero attached hydrogens (tertiary/aromatic N) is 3. The number of fused-ring (bicyclic) bond motifs is 1. The van der Waals surface area contributed by atoms with E-state index in [1.807, 2.05) is 19.1 Å². The lowest BCUT2D eigenvalue weighted by atomic mass is 9.89. The highest BCUT2D eigenvalue weighted by Gasteiger charge is 2.28. The molecule has 2 heterocycles. The van der Waals surface area contributed by atoms with Crippen molar-refractivity contribution in [3.8, 4) is 0 Å². The van der Waals surface area contributed by atoms with Crippen LogP contribution < -0.4 is 10.2 Å². The Labute approximate surface area is 242 Å². The molecule has 1 aliphatic heterocycles. The number of anilines is 2. The Bertz CT molecular complexity index is 1570. The quantitative estimate of drug-likeness (QED) is 0.260. The first-order valence-electron chi connectivity index (χ1n) is 13.1. The Morgan fingerprint density at radius 1 is 1.02 bits per heavy atom. The minimum Gasteiger partial charge on any atom is -0.322 e. The lowest BCUT2D eigenvalue weighted by molar-refractivity contribution is 0.0895. The second-order valence-electron chi connectivity index (χ2n) is 9.87. The van der Waals surface area contributed by atoms with E-state index in [4.69, 9.17) is 23.2 Å². The van der Waals surface area contributed by atoms with Crippen LogP contribution >= 0.6 is 23.2 Å². The molecule has 1 aliphatic rings. The number of hydrogen-bond acceptors (Lipinski definition) is 4. The van der Waals surface area contributed by atoms with Crippen LogP contribution in [0.5, 0.6) is 0 Å². The van der Waals surface area contributed by atoms with Gasteiger partial charge in [0.2, 0.25) is 5.91 Å². The van der Waals surface area contributed by atoms with Crippen LogP contribution in [-0.2, 0) is 0 Å². The molecule has 4 aromatic rings. The molecule has 2 amide bonds. The maximum absolute atomic E-state index is 13.9. The number of carbonyl (C=O) groups excluding carboxylic acids is 3. The van der Waals surface area contributed by atoms with Gasteiger partial charge in [0, 0.05) is 47.3 Å². The van der Waals surface area contributed by atoms with Gasteiger partial charge in [-0.25, -0.2) is 4.98 Å². The van der Waals surface area contributed by atoms with Gasteiger partial charge in [-0.15, -0.1) is 0 Å². The van der Waals surface area contributed by atoms with Crippen LogP contribution in [-0.4, -0.2) is 33.8 Å². The molecule has 0 fully saturated rings. The van der Waals surface area contributed by atoms with Crippen LogP contribution in [0.2, 0.25) is 10.0 Å². The number of nitrogens with one attached hydrogen (secondary N) is 1. The zero-order chi connectivity index (χ0) is 28.2. The average molecular weight is 575 g/mol. The molecule has 9 heteroatoms. The highest BCUT2D eigenvalue weighted by molar-refractivity contribution is 6.34. The molecular weight excluding hydrogens is 547 g/mol. The minimum absolute atomic E-state index is 0.0180. The zero-order valence-corrected chi connectivity index (χ0v) is 23.5. The molecule has 1 N–H and O–H groups in total. The number of benzene rings is 3. The molecule has 0 saturated heterocycles. The summed E-state index contributed by atoms with van der Waals surface area (Å²) in [6.45, 7) is 2.40. The highest BCUT2D eigenvalue weighted by atomic mass is 35.5. The van der Waals surface area contributed by atoms with Crippen LogP contribution in [0.4, 0.5) is 11.4 Å². The van der Waals surface area contributed by atoms with Crippen molar-refractivity contribution >= 4 is 52.3 Å². The zero-order valence-electron chi connectivity index (χ0n) is 21.9. The summed E-state index contributed by atoms with van der Waals surface area (Å²) in [5.41, 5.74) is 4.02. The number of amides is 2. The number of hydrogen-bond donors (Lipinski definition) is 1. The summed E-state index contributed by atoms with van der Waals surface area (Å²) in [6.07, 6.45) is 7.37. The van der Waals surface area contributed by atoms with Crippen molar-refractivity contribution in [2.24, 2.45) is 0 Å². The third-order valence-corrected chi connectivity index (χ3v) is 7.80. The molecule has 3 aromatic carbocycles. The molecule has 40 heavy (non-hydrogen) atoms. The van der Waals surface area contributed by atoms with Gasteiger partial charge < -0.3 is 10.2 Å². The Balaban J connectivity index is 1.36. The molecule has 0 aliphatic carbocycles. The molecule has 7 nitrogen and oxygen atoms in total. The summed E-state index contributed by atoms with van der Waals surface area (Å²) < 4.78 is 1.49. The summed E-state index contributed by atoms with van der Waals surface area (Å²) >= 11 is 12.6. The maximum Gasteiger partial charge on any atom is 0.258 e. The van der Waals surface area contributed by atoms with E-state index in [2.05, 4.69) is 10.3 Å². The summed E-state index contributed by atoms with van der Waals surface area (Å²) in [7, 11) is 0. The predicted molar refractivity (Wildman–Crippen MR) is 158 cm³/mol. The molecular formula is C31H28Cl2N4O3. The van der Waals surface area contributed by atoms with E-state index in [-0.39, 0.29) is 23.6 Å². The third kappa shape index (κ3) is 5.96. The first-order valence-corrected chi connectivity index (χ1v) is 13.9. The van der Waals surface area contributed by atoms with Crippen molar-refractivity contribution in [3.63, 3.8) is 0 Å². The lowest BCUT2D eigenvalue weighted by Gasteiger charge is -2.25. The predicted octanol–water partition coefficient (Wildman–Crippen LogP) is 7.40. The molecule has 1 aromatic heterocycles. The van der Waals surface area contributed by atoms with Crippen molar-refractivity contribution in [1.82, 2.24) is 9.55 Å². The number of aromatic nitrogens is 2. The molecule has 1 unspecified atom stereocenters. The van der Waals surface area contributed by atoms with E-state index in [1.54, 1.807) is 65.8 Å². The van der Waals surface area contributed by atoms with E-state index in [0.29, 0.717) is 46.2 Å². The SMILES string of the molecule is Cc1cc(NC(=O)c2ccccc2Cl)ccc1C(=O)N1CCCC(CCC(=O)n2ccnc2)c2cc(Cl)ccc21. The number of imidazole rings is 1. The molecule has 0 spiro atoms. The van der Waals surface area contributed by atoms with Crippen LogP contribution in [0.1, 0.15) is 68.2 Å². The fourth-order valence-electron chi connectivity index (χ4n) is 5.18. The van der Waals surface area contributed by atoms with Crippen LogP contribution in [0.15, 0.2) is 79.4 Å². The first kappa shape index (κ1) is 27.6. The second kappa shape index (κ2) is 12.1. The van der Waals surface area contributed by atoms with Crippen molar-refractivity contribution in [2.45, 2.75) is 38.5 Å². The van der Waals surface area contributed by atoms with Crippen LogP contribution in [0.3, 0.4) is 0 Å². The number of halogens is 2. The standard InChI is InChI=1S/C31H28Cl2N4O3/c1-20-17-23(35-30(39)25-6-2-3-7-27(25)33)10-11-24(20)31(40)37-15-4-5-21(26-18-22(32)9-12-28(26)37)8-13-29(38)36-16-14-34-19-36/h2-3,6-7,9-12,14,16-19,21H,4-5,8,13,15H2,1H3,(H,35,39). The Morgan fingerprint density at radius 3 is 2.60 bits per heavy atom. The average Bonchev–Trinajstić information content (AvgIpc) is 3.42. The molecule has 0 bridgehead atoms. The van der Waals surface area contributed by atoms with Gasteiger partial charge >= 0.3 is 0 Å². The van der Waals surface area contributed by atoms with Crippen molar-refractivity contribution in [1.29, 1.82) is 0 Å². The Kier molecular flexibility index (Phi) is 8.33. The minimum atomic E-state index is -0.319. The van der Waals surface area contributed by atoms with Gasteiger partial charge in [0.1, 0.15) is 6.33 Å². The number of rotatable bonds is 6. The summed E-state index contributed by atoms with van der Waals surface area (Å²) in [5, 5.41) is 3.82. The number of carbonyl (C=O) groups is 3. The topological polar surface area (TPSA) is 84.3 Å². The van der Waals surface area contributed by atoms with Crippen molar-refractivity contribution < 1.29 is 14.4 Å². The largest absolute Gasteiger partial charge is 0.322 e. The number of aryl methyl sites for hydroxylation is 1. The molecule has 1 atom stereocenters. The van der Waals surface area contributed by atoms with Gasteiger partial charge in [-0.2, -0.15) is 0 Å². The normalized spacial score (nSPS) is 14.8. The fourth-order valence-corrected chi connectivity index (χ4v) is 5.59. The molecule has 0 saturated carbocycles. The van der Waals surface area contributed by atoms with Gasteiger partial charge in [-0.3, -0.25) is 19.0 Å².